The molecule has 0 radical (unpaired) electrons. The Morgan fingerprint density at radius 2 is 2.03 bits per heavy atom. The lowest BCUT2D eigenvalue weighted by atomic mass is 10.1. The molecule has 2 N–H and O–H groups in total. The highest BCUT2D eigenvalue weighted by atomic mass is 16.5. The van der Waals surface area contributed by atoms with E-state index < -0.39 is 23.6 Å². The van der Waals surface area contributed by atoms with Crippen molar-refractivity contribution >= 4 is 23.5 Å². The molecule has 0 spiro atoms. The maximum absolute atomic E-state index is 12.6. The Morgan fingerprint density at radius 3 is 2.66 bits per heavy atom. The van der Waals surface area contributed by atoms with Gasteiger partial charge in [0.05, 0.1) is 25.7 Å². The molecule has 1 fully saturated rings. The first-order chi connectivity index (χ1) is 13.9. The molecule has 1 aromatic carbocycles. The molecule has 0 saturated carbocycles. The van der Waals surface area contributed by atoms with Gasteiger partial charge in [-0.15, -0.1) is 0 Å². The van der Waals surface area contributed by atoms with Crippen LogP contribution in [0.5, 0.6) is 0 Å². The zero-order valence-electron chi connectivity index (χ0n) is 16.0. The van der Waals surface area contributed by atoms with Crippen molar-refractivity contribution in [3.05, 3.63) is 45.9 Å². The van der Waals surface area contributed by atoms with Crippen LogP contribution in [0.2, 0.25) is 0 Å². The summed E-state index contributed by atoms with van der Waals surface area (Å²) in [6, 6.07) is 6.16. The lowest BCUT2D eigenvalue weighted by Gasteiger charge is -2.30. The number of carbonyl (C=O) groups excluding carboxylic acids is 3. The number of aryl methyl sites for hydroxylation is 1. The molecule has 1 unspecified atom stereocenters. The molecule has 11 nitrogen and oxygen atoms in total. The Kier molecular flexibility index (Phi) is 6.07. The summed E-state index contributed by atoms with van der Waals surface area (Å²) in [5.74, 6) is -1.27. The molecule has 11 heteroatoms. The van der Waals surface area contributed by atoms with Gasteiger partial charge in [0.15, 0.2) is 7.05 Å². The zero-order chi connectivity index (χ0) is 21.0. The van der Waals surface area contributed by atoms with E-state index in [9.17, 15) is 19.2 Å². The first kappa shape index (κ1) is 20.3. The van der Waals surface area contributed by atoms with Gasteiger partial charge in [0, 0.05) is 12.2 Å². The molecule has 1 saturated heterocycles. The van der Waals surface area contributed by atoms with Crippen LogP contribution in [0.15, 0.2) is 33.6 Å². The van der Waals surface area contributed by atoms with Crippen LogP contribution in [0, 0.1) is 0 Å². The van der Waals surface area contributed by atoms with E-state index in [0.29, 0.717) is 17.8 Å². The number of anilines is 1. The number of nitrogens with zero attached hydrogens (tertiary/aromatic N) is 2. The molecular weight excluding hydrogens is 384 g/mol. The number of hydrogen-bond donors (Lipinski definition) is 2. The predicted octanol–water partition coefficient (Wildman–Crippen LogP) is -0.665. The Labute approximate surface area is 165 Å². The normalized spacial score (nSPS) is 16.6. The molecule has 3 rings (SSSR count). The van der Waals surface area contributed by atoms with Crippen LogP contribution in [-0.2, 0) is 32.7 Å². The second-order valence-electron chi connectivity index (χ2n) is 6.43. The van der Waals surface area contributed by atoms with Gasteiger partial charge in [0.2, 0.25) is 5.91 Å². The average Bonchev–Trinajstić information content (AvgIpc) is 3.03. The number of rotatable bonds is 6. The molecule has 154 valence electrons. The highest BCUT2D eigenvalue weighted by molar-refractivity contribution is 5.96. The number of methoxy groups -OCH3 is 1. The monoisotopic (exact) mass is 405 g/mol. The third-order valence-electron chi connectivity index (χ3n) is 4.48. The molecule has 2 heterocycles. The average molecular weight is 405 g/mol. The molecule has 2 amide bonds. The molecule has 2 aromatic rings. The summed E-state index contributed by atoms with van der Waals surface area (Å²) in [6.45, 7) is 0.602. The fourth-order valence-corrected chi connectivity index (χ4v) is 2.89. The van der Waals surface area contributed by atoms with E-state index in [1.54, 1.807) is 19.2 Å². The number of ether oxygens (including phenoxy) is 2. The highest BCUT2D eigenvalue weighted by Gasteiger charge is 2.34. The fourth-order valence-electron chi connectivity index (χ4n) is 2.89. The van der Waals surface area contributed by atoms with Gasteiger partial charge in [0.25, 0.3) is 5.91 Å². The van der Waals surface area contributed by atoms with E-state index in [1.807, 2.05) is 0 Å². The highest BCUT2D eigenvalue weighted by Crippen LogP contribution is 2.15. The largest absolute Gasteiger partial charge is 0.465 e. The van der Waals surface area contributed by atoms with Gasteiger partial charge in [0.1, 0.15) is 12.6 Å². The lowest BCUT2D eigenvalue weighted by molar-refractivity contribution is -0.746. The molecule has 1 atom stereocenters. The van der Waals surface area contributed by atoms with Crippen molar-refractivity contribution in [1.82, 2.24) is 10.2 Å². The number of H-pyrrole nitrogens is 1. The first-order valence-corrected chi connectivity index (χ1v) is 8.84. The summed E-state index contributed by atoms with van der Waals surface area (Å²) in [6.07, 6.45) is -1.13. The predicted molar refractivity (Wildman–Crippen MR) is 96.7 cm³/mol. The quantitative estimate of drug-likeness (QED) is 0.481. The minimum Gasteiger partial charge on any atom is -0.465 e. The number of esters is 1. The van der Waals surface area contributed by atoms with Crippen LogP contribution >= 0.6 is 0 Å². The van der Waals surface area contributed by atoms with Crippen molar-refractivity contribution in [3.63, 3.8) is 0 Å². The summed E-state index contributed by atoms with van der Waals surface area (Å²) in [5.41, 5.74) is 0.555. The lowest BCUT2D eigenvalue weighted by Crippen LogP contribution is -2.50. The minimum atomic E-state index is -0.950. The van der Waals surface area contributed by atoms with E-state index in [4.69, 9.17) is 4.74 Å². The molecule has 1 aliphatic heterocycles. The van der Waals surface area contributed by atoms with Crippen LogP contribution in [0.25, 0.3) is 0 Å². The van der Waals surface area contributed by atoms with Gasteiger partial charge < -0.3 is 19.7 Å². The number of aromatic amines is 1. The molecule has 29 heavy (non-hydrogen) atoms. The Morgan fingerprint density at radius 1 is 1.31 bits per heavy atom. The smallest absolute Gasteiger partial charge is 0.431 e. The molecule has 0 bridgehead atoms. The maximum atomic E-state index is 12.6. The number of benzene rings is 1. The Hall–Kier alpha value is -3.47. The molecule has 0 aliphatic carbocycles. The third-order valence-corrected chi connectivity index (χ3v) is 4.48. The number of amides is 2. The Bertz CT molecular complexity index is 963. The van der Waals surface area contributed by atoms with E-state index >= 15 is 0 Å². The van der Waals surface area contributed by atoms with E-state index in [1.165, 1.54) is 28.8 Å². The summed E-state index contributed by atoms with van der Waals surface area (Å²) in [5, 5.41) is 5.05. The van der Waals surface area contributed by atoms with Gasteiger partial charge in [-0.25, -0.2) is 9.59 Å². The van der Waals surface area contributed by atoms with Gasteiger partial charge in [-0.05, 0) is 29.5 Å². The van der Waals surface area contributed by atoms with E-state index in [2.05, 4.69) is 19.8 Å². The van der Waals surface area contributed by atoms with Crippen molar-refractivity contribution in [3.8, 4) is 0 Å². The van der Waals surface area contributed by atoms with Crippen LogP contribution in [0.4, 0.5) is 5.69 Å². The van der Waals surface area contributed by atoms with Crippen molar-refractivity contribution in [1.29, 1.82) is 0 Å². The Balaban J connectivity index is 1.59. The van der Waals surface area contributed by atoms with Crippen LogP contribution < -0.4 is 15.6 Å². The maximum Gasteiger partial charge on any atom is 0.431 e. The molecule has 1 aliphatic rings. The summed E-state index contributed by atoms with van der Waals surface area (Å²) >= 11 is 0. The fraction of sp³-hybridized carbons (Fsp3) is 0.389. The van der Waals surface area contributed by atoms with Gasteiger partial charge in [-0.2, -0.15) is 0 Å². The van der Waals surface area contributed by atoms with Crippen molar-refractivity contribution < 1.29 is 33.1 Å². The molecule has 1 aromatic heterocycles. The standard InChI is InChI=1S/C18H20N4O7/c1-21-13(18(26)29-20-21)10-22-7-8-28-14(16(22)24)9-15(23)19-12-5-3-11(4-6-12)17(25)27-2/h3-6,14H,7-10H2,1-2H3,(H-,19,20,23,25,26)/p+1. The first-order valence-electron chi connectivity index (χ1n) is 8.84. The van der Waals surface area contributed by atoms with E-state index in [0.717, 1.165) is 0 Å². The van der Waals surface area contributed by atoms with Crippen LogP contribution in [-0.4, -0.2) is 54.3 Å². The molecular formula is C18H21N4O7+. The van der Waals surface area contributed by atoms with Crippen LogP contribution in [0.3, 0.4) is 0 Å². The second kappa shape index (κ2) is 8.69. The number of nitrogens with one attached hydrogen (secondary N) is 2. The van der Waals surface area contributed by atoms with Crippen molar-refractivity contribution in [2.45, 2.75) is 19.1 Å². The second-order valence-corrected chi connectivity index (χ2v) is 6.43. The summed E-state index contributed by atoms with van der Waals surface area (Å²) < 4.78 is 16.1. The summed E-state index contributed by atoms with van der Waals surface area (Å²) in [7, 11) is 2.88. The summed E-state index contributed by atoms with van der Waals surface area (Å²) in [4.78, 5) is 49.5. The van der Waals surface area contributed by atoms with E-state index in [-0.39, 0.29) is 31.2 Å². The van der Waals surface area contributed by atoms with Crippen molar-refractivity contribution in [2.24, 2.45) is 7.05 Å². The van der Waals surface area contributed by atoms with Crippen LogP contribution in [0.1, 0.15) is 22.5 Å². The number of hydrogen-bond acceptors (Lipinski definition) is 7. The third kappa shape index (κ3) is 4.69. The SMILES string of the molecule is COC(=O)c1ccc(NC(=O)CC2OCCN(Cc3c(=O)o[nH][n+]3C)C2=O)cc1. The van der Waals surface area contributed by atoms with Gasteiger partial charge in [-0.1, -0.05) is 4.68 Å². The van der Waals surface area contributed by atoms with Gasteiger partial charge in [-0.3, -0.25) is 14.1 Å². The number of aromatic nitrogens is 2. The van der Waals surface area contributed by atoms with Gasteiger partial charge >= 0.3 is 17.3 Å². The minimum absolute atomic E-state index is 0.0532. The number of carbonyl (C=O) groups is 3. The number of morpholine rings is 1. The zero-order valence-corrected chi connectivity index (χ0v) is 16.0. The van der Waals surface area contributed by atoms with Crippen molar-refractivity contribution in [2.75, 3.05) is 25.6 Å². The topological polar surface area (TPSA) is 135 Å².